The zero-order valence-corrected chi connectivity index (χ0v) is 27.3. The van der Waals surface area contributed by atoms with Crippen molar-refractivity contribution in [3.05, 3.63) is 69.3 Å². The van der Waals surface area contributed by atoms with E-state index in [4.69, 9.17) is 9.97 Å². The van der Waals surface area contributed by atoms with Gasteiger partial charge in [-0.05, 0) is 112 Å². The third-order valence-corrected chi connectivity index (χ3v) is 8.65. The largest absolute Gasteiger partial charge is 0.481 e. The quantitative estimate of drug-likeness (QED) is 0.158. The Hall–Kier alpha value is -4.02. The molecule has 2 aliphatic rings. The number of hydrogen-bond donors (Lipinski definition) is 6. The molecular weight excluding hydrogens is 616 g/mol. The summed E-state index contributed by atoms with van der Waals surface area (Å²) < 4.78 is 0. The van der Waals surface area contributed by atoms with Gasteiger partial charge in [0.15, 0.2) is 0 Å². The van der Waals surface area contributed by atoms with Gasteiger partial charge in [-0.2, -0.15) is 0 Å². The number of aromatic amines is 2. The topological polar surface area (TPSA) is 172 Å². The number of fused-ring (bicyclic) bond motifs is 8. The van der Waals surface area contributed by atoms with Gasteiger partial charge in [-0.25, -0.2) is 9.97 Å². The van der Waals surface area contributed by atoms with E-state index in [1.165, 1.54) is 0 Å². The number of aliphatic carboxylic acids is 2. The van der Waals surface area contributed by atoms with Gasteiger partial charge in [0.1, 0.15) is 0 Å². The van der Waals surface area contributed by atoms with Gasteiger partial charge in [0.2, 0.25) is 0 Å². The van der Waals surface area contributed by atoms with Crippen LogP contribution < -0.4 is 0 Å². The van der Waals surface area contributed by atoms with Gasteiger partial charge in [-0.3, -0.25) is 9.59 Å². The molecule has 8 bridgehead atoms. The Morgan fingerprint density at radius 1 is 0.689 bits per heavy atom. The van der Waals surface area contributed by atoms with Crippen LogP contribution in [0.25, 0.3) is 44.4 Å². The molecule has 2 unspecified atom stereocenters. The van der Waals surface area contributed by atoms with E-state index in [2.05, 4.69) is 9.97 Å². The van der Waals surface area contributed by atoms with Crippen LogP contribution in [0.2, 0.25) is 0 Å². The molecule has 0 aliphatic carbocycles. The van der Waals surface area contributed by atoms with Crippen molar-refractivity contribution in [1.29, 1.82) is 0 Å². The Morgan fingerprint density at radius 3 is 1.82 bits per heavy atom. The van der Waals surface area contributed by atoms with Gasteiger partial charge in [0, 0.05) is 63.1 Å². The first-order valence-corrected chi connectivity index (χ1v) is 14.7. The van der Waals surface area contributed by atoms with E-state index in [-0.39, 0.29) is 42.8 Å². The minimum Gasteiger partial charge on any atom is -0.481 e. The fourth-order valence-electron chi connectivity index (χ4n) is 6.31. The monoisotopic (exact) mass is 654 g/mol. The van der Waals surface area contributed by atoms with Crippen LogP contribution in [0.15, 0.2) is 24.3 Å². The minimum atomic E-state index is -0.917. The number of carboxylic acid groups (broad SMARTS) is 2. The number of nitrogens with zero attached hydrogens (tertiary/aromatic N) is 2. The van der Waals surface area contributed by atoms with Gasteiger partial charge < -0.3 is 30.4 Å². The van der Waals surface area contributed by atoms with Gasteiger partial charge in [-0.15, -0.1) is 0 Å². The van der Waals surface area contributed by atoms with Crippen molar-refractivity contribution < 1.29 is 47.1 Å². The van der Waals surface area contributed by atoms with E-state index in [1.54, 1.807) is 13.8 Å². The second-order valence-corrected chi connectivity index (χ2v) is 11.7. The SMILES string of the molecule is CC1=C(CCC(=O)O)c2cc3[nH]c(cc4nc(cc5[nH]c(cc1n2)c(C(C)O)c5C)C(C(C)O)=C4C)c(C)c3CCC(=O)O.[Fe]. The van der Waals surface area contributed by atoms with E-state index < -0.39 is 24.1 Å². The summed E-state index contributed by atoms with van der Waals surface area (Å²) in [5.41, 5.74) is 11.7. The first kappa shape index (κ1) is 33.9. The molecule has 3 aromatic heterocycles. The molecular formula is C34H38FeN4O6. The van der Waals surface area contributed by atoms with Gasteiger partial charge in [-0.1, -0.05) is 0 Å². The Bertz CT molecular complexity index is 1930. The zero-order chi connectivity index (χ0) is 32.0. The first-order chi connectivity index (χ1) is 20.8. The number of rotatable bonds is 8. The second kappa shape index (κ2) is 13.1. The van der Waals surface area contributed by atoms with Crippen LogP contribution in [0.1, 0.15) is 98.1 Å². The van der Waals surface area contributed by atoms with Crippen LogP contribution in [0.5, 0.6) is 0 Å². The first-order valence-electron chi connectivity index (χ1n) is 14.7. The summed E-state index contributed by atoms with van der Waals surface area (Å²) >= 11 is 0. The van der Waals surface area contributed by atoms with Crippen molar-refractivity contribution in [3.63, 3.8) is 0 Å². The summed E-state index contributed by atoms with van der Waals surface area (Å²) in [4.78, 5) is 39.8. The Labute approximate surface area is 271 Å². The number of carbonyl (C=O) groups is 2. The van der Waals surface area contributed by atoms with Crippen molar-refractivity contribution in [2.75, 3.05) is 0 Å². The van der Waals surface area contributed by atoms with E-state index in [1.807, 2.05) is 52.0 Å². The molecule has 0 aromatic carbocycles. The van der Waals surface area contributed by atoms with Crippen LogP contribution in [0, 0.1) is 13.8 Å². The van der Waals surface area contributed by atoms with E-state index in [0.29, 0.717) is 44.9 Å². The summed E-state index contributed by atoms with van der Waals surface area (Å²) in [6.45, 7) is 11.1. The summed E-state index contributed by atoms with van der Waals surface area (Å²) in [6.07, 6.45) is -1.16. The molecule has 5 rings (SSSR count). The second-order valence-electron chi connectivity index (χ2n) is 11.7. The molecule has 10 nitrogen and oxygen atoms in total. The molecule has 0 saturated carbocycles. The third-order valence-electron chi connectivity index (χ3n) is 8.65. The summed E-state index contributed by atoms with van der Waals surface area (Å²) in [5.74, 6) is -1.83. The number of aliphatic hydroxyl groups excluding tert-OH is 2. The molecule has 0 radical (unpaired) electrons. The van der Waals surface area contributed by atoms with Crippen molar-refractivity contribution in [1.82, 2.24) is 19.9 Å². The van der Waals surface area contributed by atoms with Crippen molar-refractivity contribution in [3.8, 4) is 0 Å². The fraction of sp³-hybridized carbons (Fsp3) is 0.353. The third kappa shape index (κ3) is 6.53. The molecule has 0 saturated heterocycles. The Morgan fingerprint density at radius 2 is 1.20 bits per heavy atom. The van der Waals surface area contributed by atoms with Gasteiger partial charge in [0.25, 0.3) is 0 Å². The molecule has 2 aliphatic heterocycles. The zero-order valence-electron chi connectivity index (χ0n) is 26.1. The standard InChI is InChI=1S/C34H38N4O6.Fe/c1-15-21(7-9-31(41)42)27-14-28-22(8-10-32(43)44)16(2)24(36-28)12-29-34(20(6)40)18(4)26(38-29)13-30-33(19(5)39)17(3)25(37-30)11-23(15)35-27;/h11-14,19-20,35,38-40H,7-10H2,1-6H3,(H,41,42)(H,43,44);. The maximum atomic E-state index is 11.6. The molecule has 5 heterocycles. The van der Waals surface area contributed by atoms with Crippen molar-refractivity contribution in [2.24, 2.45) is 0 Å². The number of aromatic nitrogens is 4. The number of nitrogens with one attached hydrogen (secondary N) is 2. The van der Waals surface area contributed by atoms with Crippen LogP contribution in [-0.2, 0) is 33.1 Å². The molecule has 45 heavy (non-hydrogen) atoms. The number of aliphatic hydroxyl groups is 2. The number of aryl methyl sites for hydroxylation is 3. The Balaban J connectivity index is 0.00000461. The summed E-state index contributed by atoms with van der Waals surface area (Å²) in [5, 5.41) is 40.5. The summed E-state index contributed by atoms with van der Waals surface area (Å²) in [7, 11) is 0. The molecule has 0 spiro atoms. The van der Waals surface area contributed by atoms with Gasteiger partial charge in [0.05, 0.1) is 35.0 Å². The normalized spacial score (nSPS) is 14.4. The average molecular weight is 655 g/mol. The van der Waals surface area contributed by atoms with E-state index >= 15 is 0 Å². The minimum absolute atomic E-state index is 0. The van der Waals surface area contributed by atoms with Crippen LogP contribution in [0.4, 0.5) is 0 Å². The smallest absolute Gasteiger partial charge is 0.303 e. The predicted octanol–water partition coefficient (Wildman–Crippen LogP) is 6.11. The average Bonchev–Trinajstić information content (AvgIpc) is 3.59. The molecule has 0 amide bonds. The number of carboxylic acids is 2. The Kier molecular flexibility index (Phi) is 9.89. The predicted molar refractivity (Wildman–Crippen MR) is 171 cm³/mol. The molecule has 0 fully saturated rings. The maximum absolute atomic E-state index is 11.6. The van der Waals surface area contributed by atoms with Crippen molar-refractivity contribution >= 4 is 56.3 Å². The van der Waals surface area contributed by atoms with E-state index in [9.17, 15) is 30.0 Å². The van der Waals surface area contributed by atoms with Gasteiger partial charge >= 0.3 is 11.9 Å². The van der Waals surface area contributed by atoms with Crippen molar-refractivity contribution in [2.45, 2.75) is 79.4 Å². The van der Waals surface area contributed by atoms with Crippen LogP contribution in [0.3, 0.4) is 0 Å². The van der Waals surface area contributed by atoms with E-state index in [0.717, 1.165) is 44.4 Å². The molecule has 3 aromatic rings. The summed E-state index contributed by atoms with van der Waals surface area (Å²) in [6, 6.07) is 7.51. The molecule has 6 N–H and O–H groups in total. The molecule has 2 atom stereocenters. The number of allylic oxidation sites excluding steroid dienone is 3. The number of hydrogen-bond acceptors (Lipinski definition) is 6. The number of H-pyrrole nitrogens is 2. The molecule has 11 heteroatoms. The maximum Gasteiger partial charge on any atom is 0.303 e. The van der Waals surface area contributed by atoms with Crippen LogP contribution >= 0.6 is 0 Å². The fourth-order valence-corrected chi connectivity index (χ4v) is 6.31. The molecule has 238 valence electrons. The van der Waals surface area contributed by atoms with Crippen LogP contribution in [-0.4, -0.2) is 58.4 Å².